The van der Waals surface area contributed by atoms with E-state index in [2.05, 4.69) is 0 Å². The highest BCUT2D eigenvalue weighted by molar-refractivity contribution is 6.30. The predicted molar refractivity (Wildman–Crippen MR) is 87.2 cm³/mol. The second-order valence-electron chi connectivity index (χ2n) is 5.91. The van der Waals surface area contributed by atoms with Crippen LogP contribution in [-0.2, 0) is 0 Å². The first-order chi connectivity index (χ1) is 10.0. The summed E-state index contributed by atoms with van der Waals surface area (Å²) in [6, 6.07) is 5.49. The lowest BCUT2D eigenvalue weighted by Crippen LogP contribution is -2.28. The second-order valence-corrected chi connectivity index (χ2v) is 6.35. The molecule has 0 aliphatic heterocycles. The van der Waals surface area contributed by atoms with Crippen molar-refractivity contribution in [1.82, 2.24) is 0 Å². The Morgan fingerprint density at radius 2 is 1.95 bits per heavy atom. The van der Waals surface area contributed by atoms with Crippen LogP contribution < -0.4 is 5.73 Å². The number of aliphatic hydroxyl groups excluding tert-OH is 1. The largest absolute Gasteiger partial charge is 0.388 e. The zero-order valence-corrected chi connectivity index (χ0v) is 13.0. The van der Waals surface area contributed by atoms with Crippen molar-refractivity contribution in [3.05, 3.63) is 40.4 Å². The lowest BCUT2D eigenvalue weighted by Gasteiger charge is -2.28. The van der Waals surface area contributed by atoms with Crippen LogP contribution in [0.4, 0.5) is 0 Å². The molecule has 21 heavy (non-hydrogen) atoms. The molecule has 1 aliphatic carbocycles. The lowest BCUT2D eigenvalue weighted by molar-refractivity contribution is 0.0521. The Morgan fingerprint density at radius 3 is 2.62 bits per heavy atom. The van der Waals surface area contributed by atoms with Crippen molar-refractivity contribution < 1.29 is 10.2 Å². The van der Waals surface area contributed by atoms with E-state index in [-0.39, 0.29) is 0 Å². The van der Waals surface area contributed by atoms with Gasteiger partial charge in [-0.05, 0) is 55.1 Å². The van der Waals surface area contributed by atoms with Crippen molar-refractivity contribution in [1.29, 1.82) is 0 Å². The smallest absolute Gasteiger partial charge is 0.0830 e. The molecule has 0 saturated heterocycles. The van der Waals surface area contributed by atoms with Gasteiger partial charge in [-0.3, -0.25) is 0 Å². The van der Waals surface area contributed by atoms with E-state index >= 15 is 0 Å². The summed E-state index contributed by atoms with van der Waals surface area (Å²) >= 11 is 6.11. The van der Waals surface area contributed by atoms with Crippen LogP contribution in [0, 0.1) is 0 Å². The van der Waals surface area contributed by atoms with Crippen LogP contribution in [0.2, 0.25) is 5.02 Å². The standard InChI is InChI=1S/C17H24ClNO2/c18-15-11-13(10-14(12-15)16(20)5-9-19)4-8-17(21)6-2-1-3-7-17/h4,8,10-12,16,20-21H,1-3,5-7,9,19H2/b8-4+. The number of rotatable bonds is 5. The molecule has 2 rings (SSSR count). The van der Waals surface area contributed by atoms with E-state index in [9.17, 15) is 10.2 Å². The highest BCUT2D eigenvalue weighted by Gasteiger charge is 2.25. The van der Waals surface area contributed by atoms with Gasteiger partial charge in [0.15, 0.2) is 0 Å². The van der Waals surface area contributed by atoms with E-state index in [0.29, 0.717) is 18.0 Å². The Bertz CT molecular complexity index is 496. The van der Waals surface area contributed by atoms with Gasteiger partial charge in [0.2, 0.25) is 0 Å². The molecular formula is C17H24ClNO2. The summed E-state index contributed by atoms with van der Waals surface area (Å²) in [5, 5.41) is 21.1. The van der Waals surface area contributed by atoms with Crippen LogP contribution in [0.5, 0.6) is 0 Å². The minimum Gasteiger partial charge on any atom is -0.388 e. The van der Waals surface area contributed by atoms with Crippen LogP contribution in [0.15, 0.2) is 24.3 Å². The second kappa shape index (κ2) is 7.41. The van der Waals surface area contributed by atoms with Crippen molar-refractivity contribution in [2.75, 3.05) is 6.54 Å². The molecule has 1 aliphatic rings. The average molecular weight is 310 g/mol. The zero-order chi connectivity index (χ0) is 15.3. The average Bonchev–Trinajstić information content (AvgIpc) is 2.46. The molecule has 1 aromatic rings. The number of halogens is 1. The summed E-state index contributed by atoms with van der Waals surface area (Å²) in [5.41, 5.74) is 6.44. The Morgan fingerprint density at radius 1 is 1.24 bits per heavy atom. The Labute approximate surface area is 131 Å². The third kappa shape index (κ3) is 4.82. The fourth-order valence-corrected chi connectivity index (χ4v) is 3.08. The van der Waals surface area contributed by atoms with Gasteiger partial charge in [0.25, 0.3) is 0 Å². The lowest BCUT2D eigenvalue weighted by atomic mass is 9.84. The summed E-state index contributed by atoms with van der Waals surface area (Å²) in [4.78, 5) is 0. The van der Waals surface area contributed by atoms with Gasteiger partial charge in [-0.1, -0.05) is 43.0 Å². The highest BCUT2D eigenvalue weighted by Crippen LogP contribution is 2.30. The molecule has 0 aromatic heterocycles. The number of hydrogen-bond acceptors (Lipinski definition) is 3. The van der Waals surface area contributed by atoms with Gasteiger partial charge in [0, 0.05) is 5.02 Å². The summed E-state index contributed by atoms with van der Waals surface area (Å²) < 4.78 is 0. The van der Waals surface area contributed by atoms with Crippen molar-refractivity contribution in [3.63, 3.8) is 0 Å². The first-order valence-corrected chi connectivity index (χ1v) is 8.00. The van der Waals surface area contributed by atoms with Crippen LogP contribution >= 0.6 is 11.6 Å². The molecule has 0 amide bonds. The molecule has 1 atom stereocenters. The molecule has 0 radical (unpaired) electrons. The molecule has 0 bridgehead atoms. The van der Waals surface area contributed by atoms with Crippen molar-refractivity contribution in [2.45, 2.75) is 50.2 Å². The number of benzene rings is 1. The van der Waals surface area contributed by atoms with E-state index in [4.69, 9.17) is 17.3 Å². The summed E-state index contributed by atoms with van der Waals surface area (Å²) in [5.74, 6) is 0. The van der Waals surface area contributed by atoms with Crippen molar-refractivity contribution in [3.8, 4) is 0 Å². The fourth-order valence-electron chi connectivity index (χ4n) is 2.83. The molecule has 4 heteroatoms. The monoisotopic (exact) mass is 309 g/mol. The third-order valence-electron chi connectivity index (χ3n) is 4.07. The Balaban J connectivity index is 2.15. The maximum Gasteiger partial charge on any atom is 0.0830 e. The number of hydrogen-bond donors (Lipinski definition) is 3. The van der Waals surface area contributed by atoms with Gasteiger partial charge in [-0.2, -0.15) is 0 Å². The van der Waals surface area contributed by atoms with E-state index in [1.54, 1.807) is 6.07 Å². The maximum atomic E-state index is 10.5. The molecule has 0 heterocycles. The van der Waals surface area contributed by atoms with E-state index < -0.39 is 11.7 Å². The number of nitrogens with two attached hydrogens (primary N) is 1. The summed E-state index contributed by atoms with van der Waals surface area (Å²) in [7, 11) is 0. The van der Waals surface area contributed by atoms with Gasteiger partial charge >= 0.3 is 0 Å². The van der Waals surface area contributed by atoms with Crippen molar-refractivity contribution >= 4 is 17.7 Å². The SMILES string of the molecule is NCCC(O)c1cc(Cl)cc(/C=C/C2(O)CCCCC2)c1. The van der Waals surface area contributed by atoms with Gasteiger partial charge in [-0.15, -0.1) is 0 Å². The number of aliphatic hydroxyl groups is 2. The van der Waals surface area contributed by atoms with Gasteiger partial charge in [0.05, 0.1) is 11.7 Å². The van der Waals surface area contributed by atoms with Gasteiger partial charge in [-0.25, -0.2) is 0 Å². The molecular weight excluding hydrogens is 286 g/mol. The molecule has 0 spiro atoms. The van der Waals surface area contributed by atoms with E-state index in [0.717, 1.165) is 36.8 Å². The van der Waals surface area contributed by atoms with Gasteiger partial charge in [0.1, 0.15) is 0 Å². The van der Waals surface area contributed by atoms with Crippen LogP contribution in [-0.4, -0.2) is 22.4 Å². The topological polar surface area (TPSA) is 66.5 Å². The summed E-state index contributed by atoms with van der Waals surface area (Å²) in [6.07, 6.45) is 8.63. The van der Waals surface area contributed by atoms with Crippen LogP contribution in [0.25, 0.3) is 6.08 Å². The minimum atomic E-state index is -0.698. The van der Waals surface area contributed by atoms with Crippen LogP contribution in [0.1, 0.15) is 55.8 Å². The molecule has 116 valence electrons. The first kappa shape index (κ1) is 16.5. The quantitative estimate of drug-likeness (QED) is 0.780. The third-order valence-corrected chi connectivity index (χ3v) is 4.29. The van der Waals surface area contributed by atoms with Crippen LogP contribution in [0.3, 0.4) is 0 Å². The molecule has 4 N–H and O–H groups in total. The van der Waals surface area contributed by atoms with E-state index in [1.165, 1.54) is 6.42 Å². The molecule has 1 aromatic carbocycles. The zero-order valence-electron chi connectivity index (χ0n) is 12.3. The summed E-state index contributed by atoms with van der Waals surface area (Å²) in [6.45, 7) is 0.429. The Kier molecular flexibility index (Phi) is 5.82. The first-order valence-electron chi connectivity index (χ1n) is 7.63. The van der Waals surface area contributed by atoms with E-state index in [1.807, 2.05) is 24.3 Å². The molecule has 1 fully saturated rings. The molecule has 1 unspecified atom stereocenters. The molecule has 3 nitrogen and oxygen atoms in total. The van der Waals surface area contributed by atoms with Gasteiger partial charge < -0.3 is 15.9 Å². The maximum absolute atomic E-state index is 10.5. The predicted octanol–water partition coefficient (Wildman–Crippen LogP) is 3.43. The normalized spacial score (nSPS) is 19.8. The molecule has 1 saturated carbocycles. The fraction of sp³-hybridized carbons (Fsp3) is 0.529. The van der Waals surface area contributed by atoms with Crippen molar-refractivity contribution in [2.24, 2.45) is 5.73 Å². The minimum absolute atomic E-state index is 0.429. The highest BCUT2D eigenvalue weighted by atomic mass is 35.5. The Hall–Kier alpha value is -0.870.